The second-order valence-corrected chi connectivity index (χ2v) is 5.37. The van der Waals surface area contributed by atoms with E-state index in [0.29, 0.717) is 29.5 Å². The quantitative estimate of drug-likeness (QED) is 0.758. The highest BCUT2D eigenvalue weighted by molar-refractivity contribution is 6.31. The van der Waals surface area contributed by atoms with E-state index in [9.17, 15) is 4.79 Å². The number of carbonyl (C=O) groups is 1. The number of amides is 1. The van der Waals surface area contributed by atoms with Crippen LogP contribution in [0.2, 0.25) is 5.02 Å². The Morgan fingerprint density at radius 2 is 2.20 bits per heavy atom. The number of ether oxygens (including phenoxy) is 1. The molecule has 0 atom stereocenters. The number of likely N-dealkylation sites (N-methyl/N-ethyl adjacent to an activating group) is 1. The summed E-state index contributed by atoms with van der Waals surface area (Å²) in [5, 5.41) is 3.29. The second-order valence-electron chi connectivity index (χ2n) is 4.94. The van der Waals surface area contributed by atoms with Crippen LogP contribution in [0.5, 0.6) is 0 Å². The molecule has 0 radical (unpaired) electrons. The van der Waals surface area contributed by atoms with E-state index in [-0.39, 0.29) is 18.6 Å². The van der Waals surface area contributed by atoms with E-state index in [1.165, 1.54) is 0 Å². The van der Waals surface area contributed by atoms with Gasteiger partial charge in [0.25, 0.3) is 0 Å². The molecule has 1 amide bonds. The zero-order chi connectivity index (χ0) is 15.1. The van der Waals surface area contributed by atoms with Gasteiger partial charge in [-0.05, 0) is 39.1 Å². The fraction of sp³-hybridized carbons (Fsp3) is 0.500. The highest BCUT2D eigenvalue weighted by atomic mass is 35.5. The van der Waals surface area contributed by atoms with Gasteiger partial charge in [-0.15, -0.1) is 0 Å². The Morgan fingerprint density at radius 3 is 2.85 bits per heavy atom. The molecule has 20 heavy (non-hydrogen) atoms. The van der Waals surface area contributed by atoms with Gasteiger partial charge in [0.05, 0.1) is 30.6 Å². The summed E-state index contributed by atoms with van der Waals surface area (Å²) >= 11 is 5.87. The molecule has 6 heteroatoms. The van der Waals surface area contributed by atoms with Crippen LogP contribution in [0.3, 0.4) is 0 Å². The number of nitrogens with one attached hydrogen (secondary N) is 1. The number of benzene rings is 1. The maximum Gasteiger partial charge on any atom is 0.238 e. The van der Waals surface area contributed by atoms with Crippen LogP contribution >= 0.6 is 11.6 Å². The Morgan fingerprint density at radius 1 is 1.50 bits per heavy atom. The first kappa shape index (κ1) is 16.8. The summed E-state index contributed by atoms with van der Waals surface area (Å²) in [4.78, 5) is 13.8. The lowest BCUT2D eigenvalue weighted by atomic mass is 10.2. The fourth-order valence-electron chi connectivity index (χ4n) is 1.59. The number of nitrogens with zero attached hydrogens (tertiary/aromatic N) is 1. The number of nitrogen functional groups attached to an aromatic ring is 1. The summed E-state index contributed by atoms with van der Waals surface area (Å²) < 4.78 is 5.44. The van der Waals surface area contributed by atoms with Gasteiger partial charge in [0.2, 0.25) is 5.91 Å². The number of halogens is 1. The Balaban J connectivity index is 2.41. The molecule has 0 spiro atoms. The van der Waals surface area contributed by atoms with Crippen LogP contribution < -0.4 is 11.1 Å². The lowest BCUT2D eigenvalue weighted by Gasteiger charge is -2.17. The molecule has 0 fully saturated rings. The van der Waals surface area contributed by atoms with Crippen molar-refractivity contribution in [2.24, 2.45) is 0 Å². The zero-order valence-electron chi connectivity index (χ0n) is 12.1. The molecule has 5 nitrogen and oxygen atoms in total. The summed E-state index contributed by atoms with van der Waals surface area (Å²) in [6.45, 7) is 5.52. The van der Waals surface area contributed by atoms with Gasteiger partial charge in [-0.3, -0.25) is 9.69 Å². The first-order valence-electron chi connectivity index (χ1n) is 6.53. The van der Waals surface area contributed by atoms with Crippen molar-refractivity contribution in [3.05, 3.63) is 23.2 Å². The highest BCUT2D eigenvalue weighted by Crippen LogP contribution is 2.22. The molecule has 0 bridgehead atoms. The normalized spacial score (nSPS) is 11.1. The fourth-order valence-corrected chi connectivity index (χ4v) is 1.77. The minimum Gasteiger partial charge on any atom is -0.397 e. The maximum atomic E-state index is 11.9. The number of rotatable bonds is 7. The van der Waals surface area contributed by atoms with E-state index in [1.807, 2.05) is 25.8 Å². The number of hydrogen-bond acceptors (Lipinski definition) is 4. The van der Waals surface area contributed by atoms with E-state index in [4.69, 9.17) is 22.1 Å². The van der Waals surface area contributed by atoms with Crippen molar-refractivity contribution in [1.82, 2.24) is 4.90 Å². The standard InChI is InChI=1S/C14H22ClN3O2/c1-10(2)20-7-6-18(3)9-14(19)17-13-8-11(15)4-5-12(13)16/h4-5,8,10H,6-7,9,16H2,1-3H3,(H,17,19). The van der Waals surface area contributed by atoms with E-state index < -0.39 is 0 Å². The molecule has 3 N–H and O–H groups in total. The van der Waals surface area contributed by atoms with Crippen molar-refractivity contribution in [1.29, 1.82) is 0 Å². The lowest BCUT2D eigenvalue weighted by Crippen LogP contribution is -2.33. The van der Waals surface area contributed by atoms with Gasteiger partial charge in [-0.1, -0.05) is 11.6 Å². The van der Waals surface area contributed by atoms with E-state index in [1.54, 1.807) is 18.2 Å². The van der Waals surface area contributed by atoms with Crippen LogP contribution in [-0.4, -0.2) is 43.7 Å². The minimum absolute atomic E-state index is 0.133. The molecule has 0 heterocycles. The molecule has 0 saturated heterocycles. The third-order valence-corrected chi connectivity index (χ3v) is 2.86. The SMILES string of the molecule is CC(C)OCCN(C)CC(=O)Nc1cc(Cl)ccc1N. The van der Waals surface area contributed by atoms with Gasteiger partial charge < -0.3 is 15.8 Å². The predicted molar refractivity (Wildman–Crippen MR) is 83.1 cm³/mol. The first-order chi connectivity index (χ1) is 9.38. The highest BCUT2D eigenvalue weighted by Gasteiger charge is 2.09. The Bertz CT molecular complexity index is 452. The van der Waals surface area contributed by atoms with Gasteiger partial charge >= 0.3 is 0 Å². The molecule has 0 aliphatic rings. The summed E-state index contributed by atoms with van der Waals surface area (Å²) in [6, 6.07) is 4.98. The molecule has 1 aromatic carbocycles. The van der Waals surface area contributed by atoms with Gasteiger partial charge in [-0.2, -0.15) is 0 Å². The molecule has 1 rings (SSSR count). The van der Waals surface area contributed by atoms with Crippen molar-refractivity contribution in [3.8, 4) is 0 Å². The molecule has 1 aromatic rings. The largest absolute Gasteiger partial charge is 0.397 e. The monoisotopic (exact) mass is 299 g/mol. The summed E-state index contributed by atoms with van der Waals surface area (Å²) in [5.74, 6) is -0.133. The zero-order valence-corrected chi connectivity index (χ0v) is 12.9. The van der Waals surface area contributed by atoms with Crippen LogP contribution in [0, 0.1) is 0 Å². The topological polar surface area (TPSA) is 67.6 Å². The average molecular weight is 300 g/mol. The van der Waals surface area contributed by atoms with Crippen LogP contribution in [0.15, 0.2) is 18.2 Å². The van der Waals surface area contributed by atoms with E-state index in [2.05, 4.69) is 5.32 Å². The smallest absolute Gasteiger partial charge is 0.238 e. The summed E-state index contributed by atoms with van der Waals surface area (Å²) in [5.41, 5.74) is 6.81. The van der Waals surface area contributed by atoms with Crippen molar-refractivity contribution < 1.29 is 9.53 Å². The van der Waals surface area contributed by atoms with Crippen molar-refractivity contribution in [3.63, 3.8) is 0 Å². The molecular formula is C14H22ClN3O2. The summed E-state index contributed by atoms with van der Waals surface area (Å²) in [7, 11) is 1.87. The lowest BCUT2D eigenvalue weighted by molar-refractivity contribution is -0.117. The number of nitrogens with two attached hydrogens (primary N) is 1. The number of hydrogen-bond donors (Lipinski definition) is 2. The number of anilines is 2. The first-order valence-corrected chi connectivity index (χ1v) is 6.91. The van der Waals surface area contributed by atoms with Gasteiger partial charge in [0.15, 0.2) is 0 Å². The van der Waals surface area contributed by atoms with Crippen molar-refractivity contribution in [2.45, 2.75) is 20.0 Å². The van der Waals surface area contributed by atoms with E-state index in [0.717, 1.165) is 0 Å². The predicted octanol–water partition coefficient (Wildman–Crippen LogP) is 2.22. The van der Waals surface area contributed by atoms with Crippen LogP contribution in [-0.2, 0) is 9.53 Å². The van der Waals surface area contributed by atoms with Crippen LogP contribution in [0.1, 0.15) is 13.8 Å². The molecule has 0 saturated carbocycles. The third kappa shape index (κ3) is 6.23. The maximum absolute atomic E-state index is 11.9. The van der Waals surface area contributed by atoms with Gasteiger partial charge in [-0.25, -0.2) is 0 Å². The van der Waals surface area contributed by atoms with Gasteiger partial charge in [0.1, 0.15) is 0 Å². The third-order valence-electron chi connectivity index (χ3n) is 2.63. The Labute approximate surface area is 125 Å². The van der Waals surface area contributed by atoms with Gasteiger partial charge in [0, 0.05) is 11.6 Å². The van der Waals surface area contributed by atoms with Crippen molar-refractivity contribution >= 4 is 28.9 Å². The molecule has 0 aliphatic carbocycles. The average Bonchev–Trinajstić information content (AvgIpc) is 2.33. The van der Waals surface area contributed by atoms with Crippen LogP contribution in [0.25, 0.3) is 0 Å². The molecule has 0 aromatic heterocycles. The molecule has 0 aliphatic heterocycles. The molecular weight excluding hydrogens is 278 g/mol. The minimum atomic E-state index is -0.133. The summed E-state index contributed by atoms with van der Waals surface area (Å²) in [6.07, 6.45) is 0.198. The molecule has 0 unspecified atom stereocenters. The van der Waals surface area contributed by atoms with Crippen LogP contribution in [0.4, 0.5) is 11.4 Å². The van der Waals surface area contributed by atoms with E-state index >= 15 is 0 Å². The second kappa shape index (κ2) is 8.09. The number of carbonyl (C=O) groups excluding carboxylic acids is 1. The Kier molecular flexibility index (Phi) is 6.78. The van der Waals surface area contributed by atoms with Crippen molar-refractivity contribution in [2.75, 3.05) is 37.8 Å². The molecule has 112 valence electrons. The Hall–Kier alpha value is -1.30.